The van der Waals surface area contributed by atoms with Gasteiger partial charge in [-0.25, -0.2) is 19.3 Å². The maximum atomic E-state index is 13.8. The van der Waals surface area contributed by atoms with Crippen molar-refractivity contribution < 1.29 is 47.7 Å². The molecule has 1 saturated heterocycles. The fraction of sp³-hybridized carbons (Fsp3) is 0.302. The van der Waals surface area contributed by atoms with E-state index in [4.69, 9.17) is 18.9 Å². The van der Waals surface area contributed by atoms with Crippen molar-refractivity contribution in [3.8, 4) is 16.9 Å². The van der Waals surface area contributed by atoms with Gasteiger partial charge in [-0.15, -0.1) is 0 Å². The highest BCUT2D eigenvalue weighted by Crippen LogP contribution is 2.44. The Balaban J connectivity index is 1.13. The van der Waals surface area contributed by atoms with Gasteiger partial charge in [-0.3, -0.25) is 19.3 Å². The molecule has 0 bridgehead atoms. The number of rotatable bonds is 13. The minimum atomic E-state index is -1.49. The highest BCUT2D eigenvalue weighted by atomic mass is 16.6. The number of imide groups is 1. The first-order valence-electron chi connectivity index (χ1n) is 18.4. The number of nitrogens with zero attached hydrogens (tertiary/aromatic N) is 2. The molecule has 0 unspecified atom stereocenters. The number of esters is 2. The maximum Gasteiger partial charge on any atom is 0.407 e. The maximum absolute atomic E-state index is 13.8. The van der Waals surface area contributed by atoms with Gasteiger partial charge in [0.1, 0.15) is 37.3 Å². The summed E-state index contributed by atoms with van der Waals surface area (Å²) in [5.41, 5.74) is 4.34. The van der Waals surface area contributed by atoms with Crippen molar-refractivity contribution in [3.63, 3.8) is 0 Å². The Labute approximate surface area is 330 Å². The summed E-state index contributed by atoms with van der Waals surface area (Å²) < 4.78 is 22.0. The van der Waals surface area contributed by atoms with E-state index >= 15 is 0 Å². The zero-order valence-corrected chi connectivity index (χ0v) is 32.1. The van der Waals surface area contributed by atoms with E-state index in [0.717, 1.165) is 32.7 Å². The van der Waals surface area contributed by atoms with Crippen LogP contribution in [0, 0.1) is 0 Å². The number of anilines is 1. The molecular formula is C43H44N4O10. The zero-order valence-electron chi connectivity index (χ0n) is 32.1. The number of nitrogens with one attached hydrogen (secondary N) is 2. The lowest BCUT2D eigenvalue weighted by Gasteiger charge is -2.35. The minimum absolute atomic E-state index is 0.0361. The Morgan fingerprint density at radius 1 is 0.842 bits per heavy atom. The Morgan fingerprint density at radius 2 is 1.49 bits per heavy atom. The molecule has 0 radical (unpaired) electrons. The SMILES string of the molecule is COc1ccc(C(=O)OCc2ccccc2)cc1N1CCC(=O)N(CNC(=O)[C@H](CC(=O)OC(C)(C)C)NC(=O)OCC2c3ccccc3-c3ccccc32)C1=O. The monoisotopic (exact) mass is 776 g/mol. The third-order valence-corrected chi connectivity index (χ3v) is 9.38. The summed E-state index contributed by atoms with van der Waals surface area (Å²) in [6.45, 7) is 4.36. The summed E-state index contributed by atoms with van der Waals surface area (Å²) in [5.74, 6) is -2.85. The molecule has 296 valence electrons. The molecule has 2 N–H and O–H groups in total. The van der Waals surface area contributed by atoms with Gasteiger partial charge in [-0.1, -0.05) is 78.9 Å². The summed E-state index contributed by atoms with van der Waals surface area (Å²) in [7, 11) is 1.40. The van der Waals surface area contributed by atoms with E-state index in [1.807, 2.05) is 78.9 Å². The van der Waals surface area contributed by atoms with E-state index in [1.165, 1.54) is 30.2 Å². The number of carbonyl (C=O) groups is 6. The smallest absolute Gasteiger partial charge is 0.407 e. The highest BCUT2D eigenvalue weighted by Gasteiger charge is 2.36. The quantitative estimate of drug-likeness (QED) is 0.123. The highest BCUT2D eigenvalue weighted by molar-refractivity contribution is 6.07. The molecule has 0 saturated carbocycles. The molecular weight excluding hydrogens is 732 g/mol. The van der Waals surface area contributed by atoms with Crippen molar-refractivity contribution in [1.82, 2.24) is 15.5 Å². The van der Waals surface area contributed by atoms with Crippen LogP contribution in [0.3, 0.4) is 0 Å². The molecule has 1 aliphatic heterocycles. The Morgan fingerprint density at radius 3 is 2.14 bits per heavy atom. The molecule has 1 aliphatic carbocycles. The van der Waals surface area contributed by atoms with Crippen LogP contribution in [-0.2, 0) is 35.2 Å². The standard InChI is InChI=1S/C43H44N4O10/c1-43(2,3)57-38(49)23-34(45-41(52)56-25-33-31-16-10-8-14-29(31)30-15-9-11-17-32(30)33)39(50)44-26-47-37(48)20-21-46(42(47)53)35-22-28(18-19-36(35)54-4)40(51)55-24-27-12-6-5-7-13-27/h5-19,22,33-34H,20-21,23-26H2,1-4H3,(H,44,50)(H,45,52)/t34-/m0/s1. The molecule has 6 rings (SSSR count). The van der Waals surface area contributed by atoms with Crippen LogP contribution in [0.4, 0.5) is 15.3 Å². The van der Waals surface area contributed by atoms with Crippen LogP contribution in [0.25, 0.3) is 11.1 Å². The van der Waals surface area contributed by atoms with Crippen LogP contribution in [0.2, 0.25) is 0 Å². The third-order valence-electron chi connectivity index (χ3n) is 9.38. The van der Waals surface area contributed by atoms with Gasteiger partial charge < -0.3 is 29.6 Å². The first-order chi connectivity index (χ1) is 27.3. The van der Waals surface area contributed by atoms with Crippen LogP contribution in [0.1, 0.15) is 66.6 Å². The number of amides is 5. The Hall–Kier alpha value is -6.70. The predicted octanol–water partition coefficient (Wildman–Crippen LogP) is 5.92. The van der Waals surface area contributed by atoms with E-state index in [-0.39, 0.29) is 49.1 Å². The molecule has 14 heteroatoms. The number of ether oxygens (including phenoxy) is 4. The van der Waals surface area contributed by atoms with Crippen molar-refractivity contribution in [3.05, 3.63) is 119 Å². The second-order valence-corrected chi connectivity index (χ2v) is 14.5. The fourth-order valence-corrected chi connectivity index (χ4v) is 6.73. The second kappa shape index (κ2) is 17.4. The predicted molar refractivity (Wildman–Crippen MR) is 208 cm³/mol. The van der Waals surface area contributed by atoms with E-state index in [9.17, 15) is 28.8 Å². The second-order valence-electron chi connectivity index (χ2n) is 14.5. The Bertz CT molecular complexity index is 2120. The summed E-state index contributed by atoms with van der Waals surface area (Å²) in [6.07, 6.45) is -1.63. The number of hydrogen-bond acceptors (Lipinski definition) is 10. The summed E-state index contributed by atoms with van der Waals surface area (Å²) in [6, 6.07) is 27.0. The number of hydrogen-bond donors (Lipinski definition) is 2. The van der Waals surface area contributed by atoms with Gasteiger partial charge in [-0.05, 0) is 66.8 Å². The molecule has 2 aliphatic rings. The number of urea groups is 1. The molecule has 4 aromatic rings. The number of fused-ring (bicyclic) bond motifs is 3. The summed E-state index contributed by atoms with van der Waals surface area (Å²) in [4.78, 5) is 81.7. The topological polar surface area (TPSA) is 170 Å². The first kappa shape index (κ1) is 40.0. The number of carbonyl (C=O) groups excluding carboxylic acids is 6. The van der Waals surface area contributed by atoms with Gasteiger partial charge in [0.15, 0.2) is 0 Å². The van der Waals surface area contributed by atoms with Crippen LogP contribution < -0.4 is 20.3 Å². The number of benzene rings is 4. The Kier molecular flexibility index (Phi) is 12.2. The first-order valence-corrected chi connectivity index (χ1v) is 18.4. The molecule has 0 spiro atoms. The van der Waals surface area contributed by atoms with Crippen molar-refractivity contribution in [2.75, 3.05) is 31.8 Å². The number of alkyl carbamates (subject to hydrolysis) is 1. The zero-order chi connectivity index (χ0) is 40.7. The molecule has 1 fully saturated rings. The molecule has 1 heterocycles. The van der Waals surface area contributed by atoms with Gasteiger partial charge in [0, 0.05) is 18.9 Å². The van der Waals surface area contributed by atoms with Crippen molar-refractivity contribution in [1.29, 1.82) is 0 Å². The largest absolute Gasteiger partial charge is 0.495 e. The lowest BCUT2D eigenvalue weighted by atomic mass is 9.98. The van der Waals surface area contributed by atoms with E-state index in [1.54, 1.807) is 20.8 Å². The van der Waals surface area contributed by atoms with E-state index in [2.05, 4.69) is 10.6 Å². The molecule has 14 nitrogen and oxygen atoms in total. The van der Waals surface area contributed by atoms with Crippen LogP contribution >= 0.6 is 0 Å². The molecule has 4 aromatic carbocycles. The molecule has 0 aromatic heterocycles. The van der Waals surface area contributed by atoms with Crippen LogP contribution in [0.5, 0.6) is 5.75 Å². The van der Waals surface area contributed by atoms with Crippen molar-refractivity contribution >= 4 is 41.6 Å². The van der Waals surface area contributed by atoms with Crippen LogP contribution in [0.15, 0.2) is 97.1 Å². The molecule has 5 amide bonds. The average molecular weight is 777 g/mol. The van der Waals surface area contributed by atoms with Gasteiger partial charge in [0.2, 0.25) is 11.8 Å². The average Bonchev–Trinajstić information content (AvgIpc) is 3.51. The third kappa shape index (κ3) is 9.58. The van der Waals surface area contributed by atoms with Crippen LogP contribution in [-0.4, -0.2) is 79.4 Å². The van der Waals surface area contributed by atoms with Gasteiger partial charge in [0.05, 0.1) is 24.8 Å². The van der Waals surface area contributed by atoms with Gasteiger partial charge in [-0.2, -0.15) is 0 Å². The molecule has 57 heavy (non-hydrogen) atoms. The summed E-state index contributed by atoms with van der Waals surface area (Å²) >= 11 is 0. The van der Waals surface area contributed by atoms with E-state index in [0.29, 0.717) is 0 Å². The lowest BCUT2D eigenvalue weighted by Crippen LogP contribution is -2.57. The summed E-state index contributed by atoms with van der Waals surface area (Å²) in [5, 5.41) is 4.98. The van der Waals surface area contributed by atoms with Gasteiger partial charge >= 0.3 is 24.1 Å². The van der Waals surface area contributed by atoms with Crippen molar-refractivity contribution in [2.45, 2.75) is 57.8 Å². The number of methoxy groups -OCH3 is 1. The molecule has 1 atom stereocenters. The van der Waals surface area contributed by atoms with E-state index < -0.39 is 60.6 Å². The fourth-order valence-electron chi connectivity index (χ4n) is 6.73. The van der Waals surface area contributed by atoms with Gasteiger partial charge in [0.25, 0.3) is 0 Å². The minimum Gasteiger partial charge on any atom is -0.495 e. The lowest BCUT2D eigenvalue weighted by molar-refractivity contribution is -0.156. The van der Waals surface area contributed by atoms with Crippen molar-refractivity contribution in [2.24, 2.45) is 0 Å². The normalized spacial score (nSPS) is 14.2.